The normalized spacial score (nSPS) is 10.7. The number of aromatic nitrogens is 2. The molecule has 4 aromatic rings. The summed E-state index contributed by atoms with van der Waals surface area (Å²) >= 11 is 0. The van der Waals surface area contributed by atoms with Gasteiger partial charge in [0.2, 0.25) is 0 Å². The number of nitro benzene ring substituents is 1. The van der Waals surface area contributed by atoms with E-state index in [1.165, 1.54) is 29.2 Å². The van der Waals surface area contributed by atoms with Crippen molar-refractivity contribution in [2.45, 2.75) is 13.8 Å². The Hall–Kier alpha value is -4.33. The van der Waals surface area contributed by atoms with Crippen LogP contribution in [0.1, 0.15) is 11.1 Å². The molecule has 0 bridgehead atoms. The predicted octanol–water partition coefficient (Wildman–Crippen LogP) is 5.46. The van der Waals surface area contributed by atoms with E-state index in [-0.39, 0.29) is 11.4 Å². The van der Waals surface area contributed by atoms with E-state index >= 15 is 0 Å². The van der Waals surface area contributed by atoms with E-state index in [1.807, 2.05) is 56.4 Å². The Morgan fingerprint density at radius 1 is 1.03 bits per heavy atom. The van der Waals surface area contributed by atoms with E-state index in [9.17, 15) is 14.9 Å². The Kier molecular flexibility index (Phi) is 5.51. The second-order valence-electron chi connectivity index (χ2n) is 7.44. The molecule has 0 saturated heterocycles. The molecule has 0 fully saturated rings. The van der Waals surface area contributed by atoms with Gasteiger partial charge in [-0.25, -0.2) is 14.8 Å². The number of fused-ring (bicyclic) bond motifs is 1. The first kappa shape index (κ1) is 20.9. The number of nitro groups is 1. The first-order valence-corrected chi connectivity index (χ1v) is 9.86. The number of ether oxygens (including phenoxy) is 1. The molecule has 0 radical (unpaired) electrons. The maximum Gasteiger partial charge on any atom is 0.419 e. The summed E-state index contributed by atoms with van der Waals surface area (Å²) in [6.07, 6.45) is 1.20. The van der Waals surface area contributed by atoms with Crippen molar-refractivity contribution >= 4 is 28.4 Å². The van der Waals surface area contributed by atoms with Crippen molar-refractivity contribution < 1.29 is 14.5 Å². The van der Waals surface area contributed by atoms with Crippen LogP contribution in [0.25, 0.3) is 22.3 Å². The largest absolute Gasteiger partial charge is 0.419 e. The summed E-state index contributed by atoms with van der Waals surface area (Å²) in [5, 5.41) is 11.7. The average Bonchev–Trinajstić information content (AvgIpc) is 2.78. The van der Waals surface area contributed by atoms with Gasteiger partial charge in [-0.2, -0.15) is 0 Å². The summed E-state index contributed by atoms with van der Waals surface area (Å²) in [5.74, 6) is 0.827. The molecule has 1 amide bonds. The van der Waals surface area contributed by atoms with E-state index in [0.29, 0.717) is 11.5 Å². The van der Waals surface area contributed by atoms with Gasteiger partial charge in [0.05, 0.1) is 10.4 Å². The minimum absolute atomic E-state index is 0.0735. The van der Waals surface area contributed by atoms with Crippen molar-refractivity contribution in [1.82, 2.24) is 9.97 Å². The fourth-order valence-corrected chi connectivity index (χ4v) is 3.37. The topological polar surface area (TPSA) is 98.5 Å². The van der Waals surface area contributed by atoms with Gasteiger partial charge in [0.1, 0.15) is 5.75 Å². The molecule has 8 heteroatoms. The molecular weight excluding hydrogens is 408 g/mol. The predicted molar refractivity (Wildman–Crippen MR) is 122 cm³/mol. The fraction of sp³-hybridized carbons (Fsp3) is 0.125. The molecule has 4 rings (SSSR count). The summed E-state index contributed by atoms with van der Waals surface area (Å²) in [6, 6.07) is 17.0. The molecule has 0 spiro atoms. The number of carbonyl (C=O) groups is 1. The number of nitrogens with zero attached hydrogens (tertiary/aromatic N) is 4. The third kappa shape index (κ3) is 4.24. The number of carbonyl (C=O) groups excluding carboxylic acids is 1. The SMILES string of the molecule is Cc1ccc2nc(-c3ccc(N(C)C(=O)Oc4ccc([N+](=O)[O-])cc4)c(C)c3)ncc2c1. The lowest BCUT2D eigenvalue weighted by Crippen LogP contribution is -2.30. The number of anilines is 1. The molecule has 0 aliphatic rings. The van der Waals surface area contributed by atoms with Gasteiger partial charge < -0.3 is 4.74 Å². The number of hydrogen-bond acceptors (Lipinski definition) is 6. The third-order valence-corrected chi connectivity index (χ3v) is 5.08. The number of hydrogen-bond donors (Lipinski definition) is 0. The average molecular weight is 428 g/mol. The van der Waals surface area contributed by atoms with Gasteiger partial charge in [-0.15, -0.1) is 0 Å². The highest BCUT2D eigenvalue weighted by Gasteiger charge is 2.17. The smallest absolute Gasteiger partial charge is 0.410 e. The van der Waals surface area contributed by atoms with Crippen LogP contribution in [0.15, 0.2) is 66.9 Å². The van der Waals surface area contributed by atoms with Crippen LogP contribution in [0.2, 0.25) is 0 Å². The quantitative estimate of drug-likeness (QED) is 0.316. The zero-order chi connectivity index (χ0) is 22.8. The second kappa shape index (κ2) is 8.43. The van der Waals surface area contributed by atoms with E-state index in [1.54, 1.807) is 7.05 Å². The minimum Gasteiger partial charge on any atom is -0.410 e. The number of benzene rings is 3. The molecule has 0 unspecified atom stereocenters. The summed E-state index contributed by atoms with van der Waals surface area (Å²) in [6.45, 7) is 3.91. The molecule has 0 atom stereocenters. The summed E-state index contributed by atoms with van der Waals surface area (Å²) in [7, 11) is 1.60. The van der Waals surface area contributed by atoms with Crippen LogP contribution in [-0.2, 0) is 0 Å². The van der Waals surface area contributed by atoms with E-state index in [4.69, 9.17) is 4.74 Å². The van der Waals surface area contributed by atoms with Crippen molar-refractivity contribution in [3.63, 3.8) is 0 Å². The minimum atomic E-state index is -0.605. The Morgan fingerprint density at radius 3 is 2.47 bits per heavy atom. The van der Waals surface area contributed by atoms with Crippen molar-refractivity contribution in [1.29, 1.82) is 0 Å². The number of non-ortho nitro benzene ring substituents is 1. The Labute approximate surface area is 184 Å². The Balaban J connectivity index is 1.53. The van der Waals surface area contributed by atoms with Crippen LogP contribution in [0.3, 0.4) is 0 Å². The van der Waals surface area contributed by atoms with Gasteiger partial charge in [0, 0.05) is 42.0 Å². The van der Waals surface area contributed by atoms with Gasteiger partial charge in [0.15, 0.2) is 5.82 Å². The van der Waals surface area contributed by atoms with Crippen molar-refractivity contribution in [2.75, 3.05) is 11.9 Å². The first-order chi connectivity index (χ1) is 15.3. The highest BCUT2D eigenvalue weighted by Crippen LogP contribution is 2.27. The maximum atomic E-state index is 12.6. The molecule has 0 N–H and O–H groups in total. The molecule has 3 aromatic carbocycles. The zero-order valence-corrected chi connectivity index (χ0v) is 17.8. The Morgan fingerprint density at radius 2 is 1.78 bits per heavy atom. The van der Waals surface area contributed by atoms with Crippen LogP contribution in [0.4, 0.5) is 16.2 Å². The fourth-order valence-electron chi connectivity index (χ4n) is 3.37. The van der Waals surface area contributed by atoms with Gasteiger partial charge in [-0.3, -0.25) is 15.0 Å². The summed E-state index contributed by atoms with van der Waals surface area (Å²) in [5.41, 5.74) is 4.29. The highest BCUT2D eigenvalue weighted by molar-refractivity contribution is 5.90. The molecule has 0 aliphatic carbocycles. The van der Waals surface area contributed by atoms with Gasteiger partial charge in [-0.05, 0) is 61.9 Å². The molecule has 160 valence electrons. The van der Waals surface area contributed by atoms with Crippen molar-refractivity contribution in [3.8, 4) is 17.1 Å². The summed E-state index contributed by atoms with van der Waals surface area (Å²) in [4.78, 5) is 33.3. The van der Waals surface area contributed by atoms with Crippen LogP contribution in [-0.4, -0.2) is 28.0 Å². The Bertz CT molecular complexity index is 1340. The lowest BCUT2D eigenvalue weighted by atomic mass is 10.1. The van der Waals surface area contributed by atoms with Gasteiger partial charge in [-0.1, -0.05) is 11.6 Å². The molecular formula is C24H20N4O4. The monoisotopic (exact) mass is 428 g/mol. The summed E-state index contributed by atoms with van der Waals surface area (Å²) < 4.78 is 5.33. The van der Waals surface area contributed by atoms with Crippen LogP contribution < -0.4 is 9.64 Å². The maximum absolute atomic E-state index is 12.6. The number of rotatable bonds is 4. The van der Waals surface area contributed by atoms with Gasteiger partial charge in [0.25, 0.3) is 5.69 Å². The highest BCUT2D eigenvalue weighted by atomic mass is 16.6. The number of amides is 1. The zero-order valence-electron chi connectivity index (χ0n) is 17.8. The van der Waals surface area contributed by atoms with Crippen LogP contribution in [0.5, 0.6) is 5.75 Å². The van der Waals surface area contributed by atoms with E-state index in [2.05, 4.69) is 9.97 Å². The van der Waals surface area contributed by atoms with E-state index < -0.39 is 11.0 Å². The number of aryl methyl sites for hydroxylation is 2. The molecule has 0 saturated carbocycles. The molecule has 8 nitrogen and oxygen atoms in total. The van der Waals surface area contributed by atoms with Gasteiger partial charge >= 0.3 is 6.09 Å². The first-order valence-electron chi connectivity index (χ1n) is 9.86. The molecule has 1 aromatic heterocycles. The lowest BCUT2D eigenvalue weighted by molar-refractivity contribution is -0.384. The van der Waals surface area contributed by atoms with Crippen molar-refractivity contribution in [3.05, 3.63) is 88.1 Å². The van der Waals surface area contributed by atoms with Crippen molar-refractivity contribution in [2.24, 2.45) is 0 Å². The van der Waals surface area contributed by atoms with Crippen LogP contribution in [0, 0.1) is 24.0 Å². The molecule has 0 aliphatic heterocycles. The molecule has 32 heavy (non-hydrogen) atoms. The standard InChI is InChI=1S/C24H20N4O4/c1-15-4-10-21-18(12-15)14-25-23(26-21)17-5-11-22(16(2)13-17)27(3)24(29)32-20-8-6-19(7-9-20)28(30)31/h4-14H,1-3H3. The van der Waals surface area contributed by atoms with Crippen LogP contribution >= 0.6 is 0 Å². The third-order valence-electron chi connectivity index (χ3n) is 5.08. The lowest BCUT2D eigenvalue weighted by Gasteiger charge is -2.19. The molecule has 1 heterocycles. The second-order valence-corrected chi connectivity index (χ2v) is 7.44. The van der Waals surface area contributed by atoms with E-state index in [0.717, 1.165) is 27.6 Å².